The Morgan fingerprint density at radius 2 is 1.85 bits per heavy atom. The van der Waals surface area contributed by atoms with E-state index in [1.165, 1.54) is 12.5 Å². The SMILES string of the molecule is CC(=O)N[C@H](CC(=O)N1CCN(Cc2ccsc2)CC1)c1ccccc1. The van der Waals surface area contributed by atoms with E-state index in [0.717, 1.165) is 38.3 Å². The van der Waals surface area contributed by atoms with Crippen molar-refractivity contribution < 1.29 is 9.59 Å². The lowest BCUT2D eigenvalue weighted by Crippen LogP contribution is -2.49. The quantitative estimate of drug-likeness (QED) is 0.849. The van der Waals surface area contributed by atoms with E-state index >= 15 is 0 Å². The highest BCUT2D eigenvalue weighted by molar-refractivity contribution is 7.07. The van der Waals surface area contributed by atoms with Crippen LogP contribution in [0.2, 0.25) is 0 Å². The molecule has 1 aliphatic heterocycles. The molecule has 2 amide bonds. The van der Waals surface area contributed by atoms with Gasteiger partial charge >= 0.3 is 0 Å². The number of rotatable bonds is 6. The van der Waals surface area contributed by atoms with Gasteiger partial charge in [-0.15, -0.1) is 0 Å². The first-order valence-electron chi connectivity index (χ1n) is 8.95. The van der Waals surface area contributed by atoms with E-state index in [-0.39, 0.29) is 17.9 Å². The molecule has 0 spiro atoms. The van der Waals surface area contributed by atoms with Gasteiger partial charge in [0.15, 0.2) is 0 Å². The van der Waals surface area contributed by atoms with Gasteiger partial charge in [-0.1, -0.05) is 30.3 Å². The molecule has 0 bridgehead atoms. The van der Waals surface area contributed by atoms with Crippen LogP contribution in [-0.2, 0) is 16.1 Å². The monoisotopic (exact) mass is 371 g/mol. The molecule has 5 nitrogen and oxygen atoms in total. The van der Waals surface area contributed by atoms with Crippen molar-refractivity contribution in [3.05, 3.63) is 58.3 Å². The van der Waals surface area contributed by atoms with Gasteiger partial charge in [0.25, 0.3) is 0 Å². The number of carbonyl (C=O) groups excluding carboxylic acids is 2. The first-order chi connectivity index (χ1) is 12.6. The van der Waals surface area contributed by atoms with Gasteiger partial charge < -0.3 is 10.2 Å². The predicted molar refractivity (Wildman–Crippen MR) is 104 cm³/mol. The number of hydrogen-bond acceptors (Lipinski definition) is 4. The first kappa shape index (κ1) is 18.6. The smallest absolute Gasteiger partial charge is 0.225 e. The summed E-state index contributed by atoms with van der Waals surface area (Å²) in [6, 6.07) is 11.6. The molecule has 0 saturated carbocycles. The second-order valence-electron chi connectivity index (χ2n) is 6.66. The van der Waals surface area contributed by atoms with Crippen LogP contribution in [0.25, 0.3) is 0 Å². The van der Waals surface area contributed by atoms with Crippen molar-refractivity contribution in [3.8, 4) is 0 Å². The van der Waals surface area contributed by atoms with Crippen LogP contribution in [0.1, 0.15) is 30.5 Å². The van der Waals surface area contributed by atoms with E-state index in [9.17, 15) is 9.59 Å². The Kier molecular flexibility index (Phi) is 6.41. The summed E-state index contributed by atoms with van der Waals surface area (Å²) >= 11 is 1.72. The molecule has 1 aromatic carbocycles. The summed E-state index contributed by atoms with van der Waals surface area (Å²) in [7, 11) is 0. The number of nitrogens with zero attached hydrogens (tertiary/aromatic N) is 2. The van der Waals surface area contributed by atoms with Crippen molar-refractivity contribution in [2.45, 2.75) is 25.9 Å². The highest BCUT2D eigenvalue weighted by Crippen LogP contribution is 2.19. The third kappa shape index (κ3) is 5.16. The molecule has 1 fully saturated rings. The fourth-order valence-electron chi connectivity index (χ4n) is 3.28. The Morgan fingerprint density at radius 1 is 1.12 bits per heavy atom. The van der Waals surface area contributed by atoms with Gasteiger partial charge in [-0.05, 0) is 28.0 Å². The molecule has 2 aromatic rings. The second-order valence-corrected chi connectivity index (χ2v) is 7.44. The summed E-state index contributed by atoms with van der Waals surface area (Å²) in [6.07, 6.45) is 0.300. The number of hydrogen-bond donors (Lipinski definition) is 1. The van der Waals surface area contributed by atoms with Crippen molar-refractivity contribution >= 4 is 23.2 Å². The fraction of sp³-hybridized carbons (Fsp3) is 0.400. The van der Waals surface area contributed by atoms with Crippen LogP contribution >= 0.6 is 11.3 Å². The number of piperazine rings is 1. The minimum atomic E-state index is -0.273. The maximum absolute atomic E-state index is 12.7. The Labute approximate surface area is 158 Å². The molecule has 3 rings (SSSR count). The normalized spacial score (nSPS) is 16.3. The minimum absolute atomic E-state index is 0.0998. The van der Waals surface area contributed by atoms with Crippen LogP contribution in [0.15, 0.2) is 47.2 Å². The van der Waals surface area contributed by atoms with Gasteiger partial charge in [-0.2, -0.15) is 11.3 Å². The topological polar surface area (TPSA) is 52.7 Å². The highest BCUT2D eigenvalue weighted by Gasteiger charge is 2.24. The summed E-state index contributed by atoms with van der Waals surface area (Å²) < 4.78 is 0. The minimum Gasteiger partial charge on any atom is -0.349 e. The molecule has 1 aromatic heterocycles. The van der Waals surface area contributed by atoms with Crippen LogP contribution in [0.5, 0.6) is 0 Å². The zero-order chi connectivity index (χ0) is 18.4. The zero-order valence-corrected chi connectivity index (χ0v) is 15.9. The molecule has 1 atom stereocenters. The van der Waals surface area contributed by atoms with Crippen molar-refractivity contribution in [2.75, 3.05) is 26.2 Å². The van der Waals surface area contributed by atoms with Crippen LogP contribution in [0.4, 0.5) is 0 Å². The Balaban J connectivity index is 1.54. The molecular weight excluding hydrogens is 346 g/mol. The summed E-state index contributed by atoms with van der Waals surface area (Å²) in [6.45, 7) is 5.69. The number of amides is 2. The van der Waals surface area contributed by atoms with Crippen LogP contribution in [0, 0.1) is 0 Å². The molecule has 6 heteroatoms. The Hall–Kier alpha value is -2.18. The summed E-state index contributed by atoms with van der Waals surface area (Å²) in [5.74, 6) is -0.0185. The second kappa shape index (κ2) is 8.96. The van der Waals surface area contributed by atoms with E-state index in [2.05, 4.69) is 27.0 Å². The average molecular weight is 372 g/mol. The molecule has 0 unspecified atom stereocenters. The lowest BCUT2D eigenvalue weighted by molar-refractivity contribution is -0.133. The Morgan fingerprint density at radius 3 is 2.46 bits per heavy atom. The summed E-state index contributed by atoms with van der Waals surface area (Å²) in [5.41, 5.74) is 2.30. The average Bonchev–Trinajstić information content (AvgIpc) is 3.15. The molecule has 138 valence electrons. The largest absolute Gasteiger partial charge is 0.349 e. The summed E-state index contributed by atoms with van der Waals surface area (Å²) in [4.78, 5) is 28.6. The number of benzene rings is 1. The van der Waals surface area contributed by atoms with E-state index in [1.54, 1.807) is 11.3 Å². The zero-order valence-electron chi connectivity index (χ0n) is 15.1. The van der Waals surface area contributed by atoms with E-state index < -0.39 is 0 Å². The molecule has 1 N–H and O–H groups in total. The number of thiophene rings is 1. The molecule has 0 aliphatic carbocycles. The van der Waals surface area contributed by atoms with Gasteiger partial charge in [0.2, 0.25) is 11.8 Å². The van der Waals surface area contributed by atoms with Gasteiger partial charge in [0, 0.05) is 39.6 Å². The molecule has 1 aliphatic rings. The van der Waals surface area contributed by atoms with Crippen molar-refractivity contribution in [2.24, 2.45) is 0 Å². The van der Waals surface area contributed by atoms with Crippen molar-refractivity contribution in [1.82, 2.24) is 15.1 Å². The molecule has 26 heavy (non-hydrogen) atoms. The van der Waals surface area contributed by atoms with Crippen LogP contribution < -0.4 is 5.32 Å². The van der Waals surface area contributed by atoms with Gasteiger partial charge in [0.05, 0.1) is 12.5 Å². The van der Waals surface area contributed by atoms with Gasteiger partial charge in [-0.3, -0.25) is 14.5 Å². The molecule has 1 saturated heterocycles. The van der Waals surface area contributed by atoms with E-state index in [1.807, 2.05) is 35.2 Å². The Bertz CT molecular complexity index is 710. The third-order valence-electron chi connectivity index (χ3n) is 4.67. The van der Waals surface area contributed by atoms with Crippen molar-refractivity contribution in [3.63, 3.8) is 0 Å². The third-order valence-corrected chi connectivity index (χ3v) is 5.40. The maximum Gasteiger partial charge on any atom is 0.225 e. The molecule has 0 radical (unpaired) electrons. The number of nitrogens with one attached hydrogen (secondary N) is 1. The fourth-order valence-corrected chi connectivity index (χ4v) is 3.94. The lowest BCUT2D eigenvalue weighted by atomic mass is 10.0. The lowest BCUT2D eigenvalue weighted by Gasteiger charge is -2.35. The standard InChI is InChI=1S/C20H25N3O2S/c1-16(24)21-19(18-5-3-2-4-6-18)13-20(25)23-10-8-22(9-11-23)14-17-7-12-26-15-17/h2-7,12,15,19H,8-11,13-14H2,1H3,(H,21,24)/t19-/m1/s1. The highest BCUT2D eigenvalue weighted by atomic mass is 32.1. The van der Waals surface area contributed by atoms with Crippen LogP contribution in [-0.4, -0.2) is 47.8 Å². The predicted octanol–water partition coefficient (Wildman–Crippen LogP) is 2.66. The first-order valence-corrected chi connectivity index (χ1v) is 9.89. The van der Waals surface area contributed by atoms with E-state index in [0.29, 0.717) is 6.42 Å². The van der Waals surface area contributed by atoms with E-state index in [4.69, 9.17) is 0 Å². The molecular formula is C20H25N3O2S. The van der Waals surface area contributed by atoms with Gasteiger partial charge in [0.1, 0.15) is 0 Å². The number of carbonyl (C=O) groups is 2. The molecule has 2 heterocycles. The summed E-state index contributed by atoms with van der Waals surface area (Å²) in [5, 5.41) is 7.18. The van der Waals surface area contributed by atoms with Crippen LogP contribution in [0.3, 0.4) is 0 Å². The van der Waals surface area contributed by atoms with Gasteiger partial charge in [-0.25, -0.2) is 0 Å². The van der Waals surface area contributed by atoms with Crippen molar-refractivity contribution in [1.29, 1.82) is 0 Å². The maximum atomic E-state index is 12.7.